The fourth-order valence-corrected chi connectivity index (χ4v) is 9.22. The average Bonchev–Trinajstić information content (AvgIpc) is 3.06. The summed E-state index contributed by atoms with van der Waals surface area (Å²) in [5, 5.41) is 0. The molecule has 4 rings (SSSR count). The first-order valence-corrected chi connectivity index (χ1v) is 13.4. The molecular formula is C29H48O. The van der Waals surface area contributed by atoms with Crippen molar-refractivity contribution < 1.29 is 4.79 Å². The van der Waals surface area contributed by atoms with Crippen molar-refractivity contribution in [2.75, 3.05) is 0 Å². The van der Waals surface area contributed by atoms with Gasteiger partial charge >= 0.3 is 0 Å². The van der Waals surface area contributed by atoms with E-state index in [0.717, 1.165) is 54.3 Å². The van der Waals surface area contributed by atoms with E-state index in [4.69, 9.17) is 0 Å². The van der Waals surface area contributed by atoms with Crippen LogP contribution in [-0.4, -0.2) is 5.78 Å². The molecule has 0 aromatic carbocycles. The standard InChI is InChI=1S/C29H48O/c1-7-21(19(2)3)9-8-20(4)25-12-13-26-24-11-10-22-18-23(30)14-16-28(22,5)27(24)15-17-29(25,26)6/h18-21,24-27H,7-17H2,1-6H3/t20-,21?,24+,25-,26+,27+,28+,29-/m1/s1. The molecule has 0 spiro atoms. The zero-order valence-corrected chi connectivity index (χ0v) is 20.8. The van der Waals surface area contributed by atoms with Gasteiger partial charge < -0.3 is 0 Å². The molecule has 3 fully saturated rings. The second-order valence-corrected chi connectivity index (χ2v) is 12.7. The molecule has 8 atom stereocenters. The predicted octanol–water partition coefficient (Wildman–Crippen LogP) is 8.23. The van der Waals surface area contributed by atoms with Gasteiger partial charge in [-0.05, 0) is 110 Å². The summed E-state index contributed by atoms with van der Waals surface area (Å²) in [7, 11) is 0. The molecule has 1 nitrogen and oxygen atoms in total. The Kier molecular flexibility index (Phi) is 6.33. The van der Waals surface area contributed by atoms with E-state index in [2.05, 4.69) is 47.6 Å². The van der Waals surface area contributed by atoms with Crippen LogP contribution in [-0.2, 0) is 4.79 Å². The van der Waals surface area contributed by atoms with E-state index in [1.807, 2.05) is 0 Å². The molecule has 0 aliphatic heterocycles. The minimum atomic E-state index is 0.327. The molecule has 4 aliphatic carbocycles. The van der Waals surface area contributed by atoms with Crippen molar-refractivity contribution in [2.45, 2.75) is 112 Å². The molecular weight excluding hydrogens is 364 g/mol. The van der Waals surface area contributed by atoms with Crippen LogP contribution < -0.4 is 0 Å². The molecule has 170 valence electrons. The molecule has 0 amide bonds. The summed E-state index contributed by atoms with van der Waals surface area (Å²) >= 11 is 0. The molecule has 0 N–H and O–H groups in total. The Morgan fingerprint density at radius 2 is 1.73 bits per heavy atom. The van der Waals surface area contributed by atoms with Crippen LogP contribution in [0.5, 0.6) is 0 Å². The minimum absolute atomic E-state index is 0.327. The lowest BCUT2D eigenvalue weighted by molar-refractivity contribution is -0.117. The van der Waals surface area contributed by atoms with Crippen molar-refractivity contribution in [1.29, 1.82) is 0 Å². The molecule has 0 aromatic rings. The molecule has 0 bridgehead atoms. The van der Waals surface area contributed by atoms with Gasteiger partial charge in [-0.1, -0.05) is 60.0 Å². The van der Waals surface area contributed by atoms with Crippen LogP contribution in [0.3, 0.4) is 0 Å². The van der Waals surface area contributed by atoms with Gasteiger partial charge in [0.1, 0.15) is 0 Å². The first-order valence-electron chi connectivity index (χ1n) is 13.4. The van der Waals surface area contributed by atoms with E-state index >= 15 is 0 Å². The topological polar surface area (TPSA) is 17.1 Å². The van der Waals surface area contributed by atoms with Crippen molar-refractivity contribution in [3.05, 3.63) is 11.6 Å². The second kappa shape index (κ2) is 8.40. The molecule has 1 unspecified atom stereocenters. The Balaban J connectivity index is 1.48. The first-order chi connectivity index (χ1) is 14.2. The van der Waals surface area contributed by atoms with E-state index in [1.54, 1.807) is 0 Å². The lowest BCUT2D eigenvalue weighted by Crippen LogP contribution is -2.51. The van der Waals surface area contributed by atoms with E-state index < -0.39 is 0 Å². The molecule has 0 aromatic heterocycles. The third-order valence-electron chi connectivity index (χ3n) is 11.2. The number of hydrogen-bond acceptors (Lipinski definition) is 1. The van der Waals surface area contributed by atoms with Gasteiger partial charge in [0.15, 0.2) is 5.78 Å². The SMILES string of the molecule is CCC(CC[C@@H](C)[C@H]1CC[C@H]2[C@@H]3CCC4=CC(=O)CC[C@]4(C)[C@H]3CC[C@]12C)C(C)C. The Morgan fingerprint density at radius 1 is 0.967 bits per heavy atom. The molecule has 4 aliphatic rings. The van der Waals surface area contributed by atoms with Crippen LogP contribution in [0, 0.1) is 52.3 Å². The normalized spacial score (nSPS) is 42.9. The quantitative estimate of drug-likeness (QED) is 0.429. The smallest absolute Gasteiger partial charge is 0.155 e. The van der Waals surface area contributed by atoms with Crippen LogP contribution in [0.25, 0.3) is 0 Å². The zero-order valence-electron chi connectivity index (χ0n) is 20.8. The number of hydrogen-bond donors (Lipinski definition) is 0. The Bertz CT molecular complexity index is 674. The van der Waals surface area contributed by atoms with Gasteiger partial charge in [-0.3, -0.25) is 4.79 Å². The zero-order chi connectivity index (χ0) is 21.7. The number of rotatable bonds is 6. The molecule has 0 radical (unpaired) electrons. The summed E-state index contributed by atoms with van der Waals surface area (Å²) in [4.78, 5) is 12.1. The Hall–Kier alpha value is -0.590. The molecule has 3 saturated carbocycles. The molecule has 30 heavy (non-hydrogen) atoms. The van der Waals surface area contributed by atoms with Crippen LogP contribution in [0.1, 0.15) is 112 Å². The van der Waals surface area contributed by atoms with E-state index in [9.17, 15) is 4.79 Å². The fraction of sp³-hybridized carbons (Fsp3) is 0.897. The maximum absolute atomic E-state index is 12.1. The highest BCUT2D eigenvalue weighted by atomic mass is 16.1. The van der Waals surface area contributed by atoms with Gasteiger partial charge in [-0.15, -0.1) is 0 Å². The van der Waals surface area contributed by atoms with Gasteiger partial charge in [-0.2, -0.15) is 0 Å². The number of carbonyl (C=O) groups excluding carboxylic acids is 1. The Labute approximate surface area is 186 Å². The molecule has 1 heteroatoms. The van der Waals surface area contributed by atoms with Gasteiger partial charge in [-0.25, -0.2) is 0 Å². The van der Waals surface area contributed by atoms with Crippen LogP contribution in [0.2, 0.25) is 0 Å². The highest BCUT2D eigenvalue weighted by Gasteiger charge is 2.59. The Morgan fingerprint density at radius 3 is 2.43 bits per heavy atom. The van der Waals surface area contributed by atoms with E-state index in [-0.39, 0.29) is 0 Å². The summed E-state index contributed by atoms with van der Waals surface area (Å²) in [6.07, 6.45) is 16.5. The lowest BCUT2D eigenvalue weighted by Gasteiger charge is -2.58. The van der Waals surface area contributed by atoms with Crippen molar-refractivity contribution in [2.24, 2.45) is 52.3 Å². The fourth-order valence-electron chi connectivity index (χ4n) is 9.22. The van der Waals surface area contributed by atoms with Gasteiger partial charge in [0.2, 0.25) is 0 Å². The van der Waals surface area contributed by atoms with Gasteiger partial charge in [0, 0.05) is 6.42 Å². The van der Waals surface area contributed by atoms with Crippen LogP contribution in [0.4, 0.5) is 0 Å². The molecule has 0 saturated heterocycles. The molecule has 0 heterocycles. The summed E-state index contributed by atoms with van der Waals surface area (Å²) in [6.45, 7) is 15.0. The van der Waals surface area contributed by atoms with Gasteiger partial charge in [0.25, 0.3) is 0 Å². The maximum atomic E-state index is 12.1. The van der Waals surface area contributed by atoms with Crippen molar-refractivity contribution in [3.63, 3.8) is 0 Å². The summed E-state index contributed by atoms with van der Waals surface area (Å²) < 4.78 is 0. The summed E-state index contributed by atoms with van der Waals surface area (Å²) in [5.41, 5.74) is 2.42. The van der Waals surface area contributed by atoms with Gasteiger partial charge in [0.05, 0.1) is 0 Å². The lowest BCUT2D eigenvalue weighted by atomic mass is 9.46. The van der Waals surface area contributed by atoms with E-state index in [0.29, 0.717) is 16.6 Å². The monoisotopic (exact) mass is 412 g/mol. The number of carbonyl (C=O) groups is 1. The van der Waals surface area contributed by atoms with E-state index in [1.165, 1.54) is 63.4 Å². The second-order valence-electron chi connectivity index (χ2n) is 12.7. The first kappa shape index (κ1) is 22.6. The number of allylic oxidation sites excluding steroid dienone is 1. The average molecular weight is 413 g/mol. The van der Waals surface area contributed by atoms with Crippen molar-refractivity contribution in [1.82, 2.24) is 0 Å². The maximum Gasteiger partial charge on any atom is 0.155 e. The largest absolute Gasteiger partial charge is 0.295 e. The predicted molar refractivity (Wildman–Crippen MR) is 127 cm³/mol. The van der Waals surface area contributed by atoms with Crippen molar-refractivity contribution >= 4 is 5.78 Å². The minimum Gasteiger partial charge on any atom is -0.295 e. The third-order valence-corrected chi connectivity index (χ3v) is 11.2. The van der Waals surface area contributed by atoms with Crippen LogP contribution in [0.15, 0.2) is 11.6 Å². The van der Waals surface area contributed by atoms with Crippen molar-refractivity contribution in [3.8, 4) is 0 Å². The number of ketones is 1. The summed E-state index contributed by atoms with van der Waals surface area (Å²) in [5.74, 6) is 6.63. The highest BCUT2D eigenvalue weighted by molar-refractivity contribution is 5.91. The highest BCUT2D eigenvalue weighted by Crippen LogP contribution is 2.67. The third kappa shape index (κ3) is 3.65. The van der Waals surface area contributed by atoms with Crippen LogP contribution >= 0.6 is 0 Å². The summed E-state index contributed by atoms with van der Waals surface area (Å²) in [6, 6.07) is 0. The number of fused-ring (bicyclic) bond motifs is 5.